The lowest BCUT2D eigenvalue weighted by atomic mass is 9.97. The molecule has 32 heavy (non-hydrogen) atoms. The molecule has 1 N–H and O–H groups in total. The second-order valence-electron chi connectivity index (χ2n) is 7.76. The number of nitrogens with one attached hydrogen (secondary N) is 1. The largest absolute Gasteiger partial charge is 0.467 e. The predicted molar refractivity (Wildman–Crippen MR) is 125 cm³/mol. The molecule has 1 aliphatic rings. The molecule has 3 aromatic heterocycles. The summed E-state index contributed by atoms with van der Waals surface area (Å²) in [7, 11) is 0. The molecule has 1 aliphatic carbocycles. The van der Waals surface area contributed by atoms with Crippen LogP contribution in [0.2, 0.25) is 5.02 Å². The first-order valence-corrected chi connectivity index (χ1v) is 11.6. The molecule has 0 saturated carbocycles. The van der Waals surface area contributed by atoms with Gasteiger partial charge in [0.2, 0.25) is 5.91 Å². The van der Waals surface area contributed by atoms with Gasteiger partial charge in [0.05, 0.1) is 28.9 Å². The van der Waals surface area contributed by atoms with E-state index >= 15 is 0 Å². The van der Waals surface area contributed by atoms with Gasteiger partial charge in [-0.1, -0.05) is 23.7 Å². The number of aryl methyl sites for hydroxylation is 2. The van der Waals surface area contributed by atoms with Gasteiger partial charge in [0, 0.05) is 4.88 Å². The van der Waals surface area contributed by atoms with E-state index in [4.69, 9.17) is 16.0 Å². The van der Waals surface area contributed by atoms with E-state index in [0.717, 1.165) is 40.7 Å². The first-order chi connectivity index (χ1) is 15.5. The number of carbonyl (C=O) groups excluding carboxylic acids is 1. The van der Waals surface area contributed by atoms with Crippen molar-refractivity contribution in [1.82, 2.24) is 9.13 Å². The molecule has 7 nitrogen and oxygen atoms in total. The summed E-state index contributed by atoms with van der Waals surface area (Å²) in [5.74, 6) is 0.107. The van der Waals surface area contributed by atoms with Gasteiger partial charge < -0.3 is 9.73 Å². The maximum absolute atomic E-state index is 13.4. The number of halogens is 1. The van der Waals surface area contributed by atoms with Gasteiger partial charge in [-0.05, 0) is 55.5 Å². The molecule has 0 radical (unpaired) electrons. The van der Waals surface area contributed by atoms with Crippen LogP contribution in [0.15, 0.2) is 56.7 Å². The molecule has 3 heterocycles. The van der Waals surface area contributed by atoms with Crippen LogP contribution in [0.4, 0.5) is 5.69 Å². The molecule has 0 saturated heterocycles. The van der Waals surface area contributed by atoms with E-state index in [-0.39, 0.29) is 18.6 Å². The molecule has 1 aromatic carbocycles. The van der Waals surface area contributed by atoms with Crippen LogP contribution in [-0.4, -0.2) is 15.0 Å². The summed E-state index contributed by atoms with van der Waals surface area (Å²) in [5, 5.41) is 3.71. The van der Waals surface area contributed by atoms with E-state index in [0.29, 0.717) is 26.7 Å². The average molecular weight is 470 g/mol. The van der Waals surface area contributed by atoms with Crippen molar-refractivity contribution < 1.29 is 9.21 Å². The van der Waals surface area contributed by atoms with Crippen LogP contribution in [-0.2, 0) is 30.7 Å². The summed E-state index contributed by atoms with van der Waals surface area (Å²) in [6.45, 7) is -0.213. The molecule has 164 valence electrons. The van der Waals surface area contributed by atoms with Gasteiger partial charge in [0.25, 0.3) is 5.56 Å². The van der Waals surface area contributed by atoms with Gasteiger partial charge in [-0.3, -0.25) is 18.7 Å². The number of rotatable bonds is 5. The fraction of sp³-hybridized carbons (Fsp3) is 0.261. The summed E-state index contributed by atoms with van der Waals surface area (Å²) >= 11 is 7.60. The lowest BCUT2D eigenvalue weighted by Gasteiger charge is -2.13. The Labute approximate surface area is 191 Å². The highest BCUT2D eigenvalue weighted by Crippen LogP contribution is 2.34. The number of fused-ring (bicyclic) bond motifs is 3. The van der Waals surface area contributed by atoms with Gasteiger partial charge in [0.1, 0.15) is 17.1 Å². The number of hydrogen-bond donors (Lipinski definition) is 1. The van der Waals surface area contributed by atoms with Gasteiger partial charge in [-0.15, -0.1) is 11.3 Å². The van der Waals surface area contributed by atoms with Gasteiger partial charge in [-0.25, -0.2) is 4.79 Å². The molecule has 5 rings (SSSR count). The Morgan fingerprint density at radius 3 is 2.69 bits per heavy atom. The summed E-state index contributed by atoms with van der Waals surface area (Å²) in [6, 6.07) is 10.3. The smallest absolute Gasteiger partial charge is 0.333 e. The summed E-state index contributed by atoms with van der Waals surface area (Å²) in [5.41, 5.74) is 0.614. The van der Waals surface area contributed by atoms with Crippen molar-refractivity contribution in [2.45, 2.75) is 38.8 Å². The van der Waals surface area contributed by atoms with Crippen LogP contribution in [0.1, 0.15) is 29.0 Å². The minimum absolute atomic E-state index is 0.0113. The SMILES string of the molecule is O=C(Cn1c(=O)n(Cc2ccco2)c(=O)c2c3c(sc21)CCCC3)Nc1ccccc1Cl. The molecule has 9 heteroatoms. The van der Waals surface area contributed by atoms with Crippen molar-refractivity contribution >= 4 is 44.7 Å². The van der Waals surface area contributed by atoms with E-state index in [1.807, 2.05) is 0 Å². The van der Waals surface area contributed by atoms with Crippen LogP contribution < -0.4 is 16.6 Å². The predicted octanol–water partition coefficient (Wildman–Crippen LogP) is 4.04. The Hall–Kier alpha value is -3.10. The van der Waals surface area contributed by atoms with Gasteiger partial charge >= 0.3 is 5.69 Å². The quantitative estimate of drug-likeness (QED) is 0.478. The Kier molecular flexibility index (Phi) is 5.48. The maximum Gasteiger partial charge on any atom is 0.333 e. The van der Waals surface area contributed by atoms with Crippen LogP contribution in [0.5, 0.6) is 0 Å². The number of anilines is 1. The van der Waals surface area contributed by atoms with Crippen molar-refractivity contribution in [3.8, 4) is 0 Å². The molecule has 0 unspecified atom stereocenters. The van der Waals surface area contributed by atoms with Crippen LogP contribution in [0.3, 0.4) is 0 Å². The fourth-order valence-electron chi connectivity index (χ4n) is 4.15. The van der Waals surface area contributed by atoms with E-state index in [1.54, 1.807) is 36.4 Å². The van der Waals surface area contributed by atoms with E-state index in [1.165, 1.54) is 22.2 Å². The lowest BCUT2D eigenvalue weighted by Crippen LogP contribution is -2.41. The Morgan fingerprint density at radius 2 is 1.91 bits per heavy atom. The zero-order valence-electron chi connectivity index (χ0n) is 17.1. The second-order valence-corrected chi connectivity index (χ2v) is 9.25. The summed E-state index contributed by atoms with van der Waals surface area (Å²) in [4.78, 5) is 41.3. The summed E-state index contributed by atoms with van der Waals surface area (Å²) < 4.78 is 7.92. The van der Waals surface area contributed by atoms with Crippen molar-refractivity contribution in [3.05, 3.63) is 84.7 Å². The van der Waals surface area contributed by atoms with E-state index < -0.39 is 11.6 Å². The number of carbonyl (C=O) groups is 1. The zero-order valence-corrected chi connectivity index (χ0v) is 18.7. The number of amides is 1. The van der Waals surface area contributed by atoms with Gasteiger partial charge in [-0.2, -0.15) is 0 Å². The highest BCUT2D eigenvalue weighted by molar-refractivity contribution is 7.18. The Balaban J connectivity index is 1.62. The fourth-order valence-corrected chi connectivity index (χ4v) is 5.71. The molecule has 4 aromatic rings. The highest BCUT2D eigenvalue weighted by Gasteiger charge is 2.25. The number of benzene rings is 1. The minimum atomic E-state index is -0.535. The molecular formula is C23H20ClN3O4S. The number of thiophene rings is 1. The monoisotopic (exact) mass is 469 g/mol. The molecule has 0 atom stereocenters. The van der Waals surface area contributed by atoms with Crippen molar-refractivity contribution in [1.29, 1.82) is 0 Å². The number of aromatic nitrogens is 2. The number of furan rings is 1. The van der Waals surface area contributed by atoms with E-state index in [2.05, 4.69) is 5.32 Å². The third-order valence-corrected chi connectivity index (χ3v) is 7.31. The van der Waals surface area contributed by atoms with Crippen LogP contribution in [0, 0.1) is 0 Å². The highest BCUT2D eigenvalue weighted by atomic mass is 35.5. The number of nitrogens with zero attached hydrogens (tertiary/aromatic N) is 2. The normalized spacial score (nSPS) is 13.3. The van der Waals surface area contributed by atoms with Crippen LogP contribution >= 0.6 is 22.9 Å². The lowest BCUT2D eigenvalue weighted by molar-refractivity contribution is -0.116. The van der Waals surface area contributed by atoms with Crippen molar-refractivity contribution in [2.24, 2.45) is 0 Å². The average Bonchev–Trinajstić information content (AvgIpc) is 3.43. The molecule has 0 spiro atoms. The third kappa shape index (κ3) is 3.69. The molecule has 0 fully saturated rings. The molecule has 0 bridgehead atoms. The van der Waals surface area contributed by atoms with Gasteiger partial charge in [0.15, 0.2) is 0 Å². The van der Waals surface area contributed by atoms with E-state index in [9.17, 15) is 14.4 Å². The standard InChI is InChI=1S/C23H20ClN3O4S/c24-16-8-2-3-9-17(16)25-19(28)13-27-22-20(15-7-1-4-10-18(15)32-22)21(29)26(23(27)30)12-14-6-5-11-31-14/h2-3,5-6,8-9,11H,1,4,7,10,12-13H2,(H,25,28). The Bertz CT molecular complexity index is 1430. The minimum Gasteiger partial charge on any atom is -0.467 e. The molecule has 1 amide bonds. The second kappa shape index (κ2) is 8.44. The first kappa shape index (κ1) is 20.8. The third-order valence-electron chi connectivity index (χ3n) is 5.66. The number of para-hydroxylation sites is 1. The Morgan fingerprint density at radius 1 is 1.09 bits per heavy atom. The van der Waals surface area contributed by atoms with Crippen LogP contribution in [0.25, 0.3) is 10.2 Å². The summed E-state index contributed by atoms with van der Waals surface area (Å²) in [6.07, 6.45) is 5.24. The topological polar surface area (TPSA) is 86.2 Å². The first-order valence-electron chi connectivity index (χ1n) is 10.4. The molecule has 0 aliphatic heterocycles. The van der Waals surface area contributed by atoms with Crippen molar-refractivity contribution in [2.75, 3.05) is 5.32 Å². The molecular weight excluding hydrogens is 450 g/mol. The van der Waals surface area contributed by atoms with Crippen molar-refractivity contribution in [3.63, 3.8) is 0 Å². The number of hydrogen-bond acceptors (Lipinski definition) is 5. The maximum atomic E-state index is 13.4. The zero-order chi connectivity index (χ0) is 22.2.